The lowest BCUT2D eigenvalue weighted by molar-refractivity contribution is 0.251. The van der Waals surface area contributed by atoms with Crippen molar-refractivity contribution in [3.8, 4) is 0 Å². The maximum absolute atomic E-state index is 13.0. The summed E-state index contributed by atoms with van der Waals surface area (Å²) in [7, 11) is -3.41. The normalized spacial score (nSPS) is 17.1. The van der Waals surface area contributed by atoms with Gasteiger partial charge in [0.05, 0.1) is 4.90 Å². The van der Waals surface area contributed by atoms with E-state index in [1.54, 1.807) is 10.4 Å². The molecule has 2 aromatic rings. The van der Waals surface area contributed by atoms with Crippen molar-refractivity contribution in [2.75, 3.05) is 13.1 Å². The van der Waals surface area contributed by atoms with E-state index < -0.39 is 10.0 Å². The van der Waals surface area contributed by atoms with Crippen LogP contribution in [-0.4, -0.2) is 35.4 Å². The lowest BCUT2D eigenvalue weighted by Crippen LogP contribution is -2.39. The van der Waals surface area contributed by atoms with Crippen LogP contribution in [-0.2, 0) is 16.6 Å². The number of rotatable bonds is 5. The van der Waals surface area contributed by atoms with E-state index in [-0.39, 0.29) is 0 Å². The van der Waals surface area contributed by atoms with Gasteiger partial charge in [-0.15, -0.1) is 0 Å². The van der Waals surface area contributed by atoms with E-state index in [9.17, 15) is 8.42 Å². The van der Waals surface area contributed by atoms with Crippen LogP contribution in [0.5, 0.6) is 0 Å². The smallest absolute Gasteiger partial charge is 0.243 e. The van der Waals surface area contributed by atoms with E-state index in [2.05, 4.69) is 23.4 Å². The van der Waals surface area contributed by atoms with Crippen LogP contribution in [0.25, 0.3) is 0 Å². The van der Waals surface area contributed by atoms with Crippen LogP contribution in [0.1, 0.15) is 49.6 Å². The first-order chi connectivity index (χ1) is 12.3. The van der Waals surface area contributed by atoms with Crippen molar-refractivity contribution in [2.24, 2.45) is 5.92 Å². The second-order valence-electron chi connectivity index (χ2n) is 7.71. The predicted octanol–water partition coefficient (Wildman–Crippen LogP) is 3.72. The van der Waals surface area contributed by atoms with E-state index in [4.69, 9.17) is 0 Å². The number of imidazole rings is 1. The minimum atomic E-state index is -3.41. The highest BCUT2D eigenvalue weighted by Gasteiger charge is 2.30. The molecule has 0 amide bonds. The molecule has 0 spiro atoms. The first-order valence-electron chi connectivity index (χ1n) is 9.37. The molecule has 1 aromatic carbocycles. The minimum Gasteiger partial charge on any atom is -0.334 e. The van der Waals surface area contributed by atoms with Gasteiger partial charge in [-0.3, -0.25) is 0 Å². The standard InChI is InChI=1S/C20H29N3O2S/c1-15(2)20-21-9-12-22(20)14-18-7-10-23(11-8-18)26(24,25)19-13-16(3)5-6-17(19)4/h5-6,9,12-13,15,18H,7-8,10-11,14H2,1-4H3. The summed E-state index contributed by atoms with van der Waals surface area (Å²) >= 11 is 0. The van der Waals surface area contributed by atoms with Gasteiger partial charge < -0.3 is 4.57 Å². The Labute approximate surface area is 157 Å². The van der Waals surface area contributed by atoms with E-state index in [0.29, 0.717) is 29.8 Å². The summed E-state index contributed by atoms with van der Waals surface area (Å²) in [4.78, 5) is 4.90. The molecule has 0 aliphatic carbocycles. The lowest BCUT2D eigenvalue weighted by atomic mass is 9.98. The number of piperidine rings is 1. The Kier molecular flexibility index (Phi) is 5.53. The van der Waals surface area contributed by atoms with Crippen LogP contribution in [0.2, 0.25) is 0 Å². The van der Waals surface area contributed by atoms with Gasteiger partial charge in [-0.1, -0.05) is 26.0 Å². The van der Waals surface area contributed by atoms with Crippen LogP contribution in [0, 0.1) is 19.8 Å². The monoisotopic (exact) mass is 375 g/mol. The van der Waals surface area contributed by atoms with Gasteiger partial charge in [0.1, 0.15) is 5.82 Å². The molecule has 142 valence electrons. The molecule has 6 heteroatoms. The Bertz CT molecular complexity index is 863. The zero-order chi connectivity index (χ0) is 18.9. The third-order valence-corrected chi connectivity index (χ3v) is 7.29. The number of aromatic nitrogens is 2. The second-order valence-corrected chi connectivity index (χ2v) is 9.62. The number of hydrogen-bond acceptors (Lipinski definition) is 3. The molecule has 1 saturated heterocycles. The molecule has 1 aromatic heterocycles. The van der Waals surface area contributed by atoms with Crippen LogP contribution in [0.15, 0.2) is 35.5 Å². The van der Waals surface area contributed by atoms with Crippen molar-refractivity contribution >= 4 is 10.0 Å². The third-order valence-electron chi connectivity index (χ3n) is 5.25. The van der Waals surface area contributed by atoms with Crippen molar-refractivity contribution in [3.05, 3.63) is 47.5 Å². The van der Waals surface area contributed by atoms with E-state index >= 15 is 0 Å². The fourth-order valence-electron chi connectivity index (χ4n) is 3.71. The number of sulfonamides is 1. The van der Waals surface area contributed by atoms with Gasteiger partial charge in [0.25, 0.3) is 0 Å². The SMILES string of the molecule is Cc1ccc(C)c(S(=O)(=O)N2CCC(Cn3ccnc3C(C)C)CC2)c1. The van der Waals surface area contributed by atoms with E-state index in [0.717, 1.165) is 36.3 Å². The average Bonchev–Trinajstić information content (AvgIpc) is 3.06. The van der Waals surface area contributed by atoms with Gasteiger partial charge in [0.2, 0.25) is 10.0 Å². The predicted molar refractivity (Wildman–Crippen MR) is 104 cm³/mol. The quantitative estimate of drug-likeness (QED) is 0.800. The zero-order valence-corrected chi connectivity index (χ0v) is 17.0. The molecule has 0 atom stereocenters. The molecule has 1 aliphatic rings. The Morgan fingerprint density at radius 2 is 1.88 bits per heavy atom. The van der Waals surface area contributed by atoms with Crippen LogP contribution in [0.3, 0.4) is 0 Å². The van der Waals surface area contributed by atoms with E-state index in [1.165, 1.54) is 0 Å². The summed E-state index contributed by atoms with van der Waals surface area (Å²) in [6.45, 7) is 10.2. The van der Waals surface area contributed by atoms with Crippen molar-refractivity contribution in [2.45, 2.75) is 57.9 Å². The molecular formula is C20H29N3O2S. The van der Waals surface area contributed by atoms with Crippen molar-refractivity contribution in [1.82, 2.24) is 13.9 Å². The topological polar surface area (TPSA) is 55.2 Å². The summed E-state index contributed by atoms with van der Waals surface area (Å²) < 4.78 is 30.0. The Balaban J connectivity index is 1.68. The lowest BCUT2D eigenvalue weighted by Gasteiger charge is -2.32. The third kappa shape index (κ3) is 3.86. The first kappa shape index (κ1) is 19.1. The fourth-order valence-corrected chi connectivity index (χ4v) is 5.49. The summed E-state index contributed by atoms with van der Waals surface area (Å²) in [6, 6.07) is 5.64. The number of nitrogens with zero attached hydrogens (tertiary/aromatic N) is 3. The minimum absolute atomic E-state index is 0.398. The highest BCUT2D eigenvalue weighted by atomic mass is 32.2. The Hall–Kier alpha value is -1.66. The molecule has 0 unspecified atom stereocenters. The highest BCUT2D eigenvalue weighted by molar-refractivity contribution is 7.89. The van der Waals surface area contributed by atoms with Gasteiger partial charge in [-0.05, 0) is 49.8 Å². The van der Waals surface area contributed by atoms with Crippen LogP contribution >= 0.6 is 0 Å². The van der Waals surface area contributed by atoms with Crippen molar-refractivity contribution < 1.29 is 8.42 Å². The molecule has 3 rings (SSSR count). The average molecular weight is 376 g/mol. The summed E-state index contributed by atoms with van der Waals surface area (Å²) in [5.74, 6) is 2.00. The van der Waals surface area contributed by atoms with Crippen molar-refractivity contribution in [1.29, 1.82) is 0 Å². The Morgan fingerprint density at radius 3 is 2.54 bits per heavy atom. The second kappa shape index (κ2) is 7.53. The molecule has 0 radical (unpaired) electrons. The largest absolute Gasteiger partial charge is 0.334 e. The molecule has 5 nitrogen and oxygen atoms in total. The van der Waals surface area contributed by atoms with Crippen LogP contribution in [0.4, 0.5) is 0 Å². The van der Waals surface area contributed by atoms with Gasteiger partial charge >= 0.3 is 0 Å². The van der Waals surface area contributed by atoms with Crippen molar-refractivity contribution in [3.63, 3.8) is 0 Å². The zero-order valence-electron chi connectivity index (χ0n) is 16.1. The number of hydrogen-bond donors (Lipinski definition) is 0. The molecule has 0 saturated carbocycles. The molecular weight excluding hydrogens is 346 g/mol. The van der Waals surface area contributed by atoms with Crippen LogP contribution < -0.4 is 0 Å². The number of benzene rings is 1. The van der Waals surface area contributed by atoms with Gasteiger partial charge in [-0.25, -0.2) is 13.4 Å². The molecule has 26 heavy (non-hydrogen) atoms. The maximum atomic E-state index is 13.0. The van der Waals surface area contributed by atoms with Gasteiger partial charge in [0, 0.05) is 37.9 Å². The fraction of sp³-hybridized carbons (Fsp3) is 0.550. The molecule has 0 bridgehead atoms. The molecule has 0 N–H and O–H groups in total. The summed E-state index contributed by atoms with van der Waals surface area (Å²) in [5, 5.41) is 0. The number of aryl methyl sites for hydroxylation is 2. The Morgan fingerprint density at radius 1 is 1.19 bits per heavy atom. The summed E-state index contributed by atoms with van der Waals surface area (Å²) in [5.41, 5.74) is 1.79. The molecule has 1 aliphatic heterocycles. The summed E-state index contributed by atoms with van der Waals surface area (Å²) in [6.07, 6.45) is 5.67. The highest BCUT2D eigenvalue weighted by Crippen LogP contribution is 2.27. The molecule has 2 heterocycles. The first-order valence-corrected chi connectivity index (χ1v) is 10.8. The van der Waals surface area contributed by atoms with Gasteiger partial charge in [0.15, 0.2) is 0 Å². The molecule has 1 fully saturated rings. The van der Waals surface area contributed by atoms with E-state index in [1.807, 2.05) is 38.4 Å². The maximum Gasteiger partial charge on any atom is 0.243 e. The van der Waals surface area contributed by atoms with Gasteiger partial charge in [-0.2, -0.15) is 4.31 Å².